The molecule has 1 unspecified atom stereocenters. The third-order valence-corrected chi connectivity index (χ3v) is 4.77. The molecule has 3 N–H and O–H groups in total. The van der Waals surface area contributed by atoms with Crippen LogP contribution in [0.25, 0.3) is 0 Å². The molecule has 156 valence electrons. The van der Waals surface area contributed by atoms with Crippen molar-refractivity contribution in [1.29, 1.82) is 0 Å². The Morgan fingerprint density at radius 2 is 1.96 bits per heavy atom. The van der Waals surface area contributed by atoms with Gasteiger partial charge in [-0.3, -0.25) is 9.69 Å². The first-order chi connectivity index (χ1) is 13.0. The summed E-state index contributed by atoms with van der Waals surface area (Å²) < 4.78 is 10.7. The molecule has 0 aliphatic carbocycles. The zero-order valence-corrected chi connectivity index (χ0v) is 16.8. The predicted octanol–water partition coefficient (Wildman–Crippen LogP) is 2.17. The normalized spacial score (nSPS) is 24.4. The van der Waals surface area contributed by atoms with Crippen LogP contribution in [-0.2, 0) is 20.9 Å². The Morgan fingerprint density at radius 3 is 2.54 bits per heavy atom. The summed E-state index contributed by atoms with van der Waals surface area (Å²) in [5.41, 5.74) is -1.03. The number of rotatable bonds is 6. The maximum Gasteiger partial charge on any atom is 0.407 e. The van der Waals surface area contributed by atoms with Crippen LogP contribution in [0.15, 0.2) is 30.3 Å². The molecule has 3 atom stereocenters. The van der Waals surface area contributed by atoms with Crippen molar-refractivity contribution >= 4 is 12.1 Å². The van der Waals surface area contributed by atoms with Crippen LogP contribution in [0.3, 0.4) is 0 Å². The van der Waals surface area contributed by atoms with Gasteiger partial charge in [0.15, 0.2) is 0 Å². The number of hydrogen-bond acceptors (Lipinski definition) is 6. The first-order valence-electron chi connectivity index (χ1n) is 9.32. The van der Waals surface area contributed by atoms with E-state index in [4.69, 9.17) is 9.47 Å². The van der Waals surface area contributed by atoms with Gasteiger partial charge in [-0.1, -0.05) is 30.3 Å². The summed E-state index contributed by atoms with van der Waals surface area (Å²) in [5.74, 6) is -1.06. The number of nitrogens with one attached hydrogen (secondary N) is 1. The lowest BCUT2D eigenvalue weighted by atomic mass is 9.77. The van der Waals surface area contributed by atoms with Gasteiger partial charge in [0.25, 0.3) is 0 Å². The minimum absolute atomic E-state index is 0.0310. The number of carbonyl (C=O) groups excluding carboxylic acids is 1. The van der Waals surface area contributed by atoms with E-state index in [1.807, 2.05) is 51.1 Å². The maximum absolute atomic E-state index is 12.2. The van der Waals surface area contributed by atoms with Crippen molar-refractivity contribution in [3.63, 3.8) is 0 Å². The summed E-state index contributed by atoms with van der Waals surface area (Å²) in [6, 6.07) is 8.60. The molecule has 0 aromatic heterocycles. The molecule has 1 amide bonds. The first kappa shape index (κ1) is 22.1. The Hall–Kier alpha value is -2.16. The molecule has 1 heterocycles. The molecule has 0 bridgehead atoms. The number of piperidine rings is 1. The van der Waals surface area contributed by atoms with Gasteiger partial charge in [0, 0.05) is 13.1 Å². The van der Waals surface area contributed by atoms with Gasteiger partial charge >= 0.3 is 12.1 Å². The number of amides is 1. The quantitative estimate of drug-likeness (QED) is 0.635. The Morgan fingerprint density at radius 1 is 1.32 bits per heavy atom. The Bertz CT molecular complexity index is 675. The van der Waals surface area contributed by atoms with Gasteiger partial charge in [-0.2, -0.15) is 0 Å². The monoisotopic (exact) mass is 394 g/mol. The van der Waals surface area contributed by atoms with Gasteiger partial charge in [-0.15, -0.1) is 0 Å². The number of nitrogens with zero attached hydrogens (tertiary/aromatic N) is 1. The van der Waals surface area contributed by atoms with Crippen LogP contribution in [0.4, 0.5) is 4.79 Å². The lowest BCUT2D eigenvalue weighted by Gasteiger charge is -2.45. The van der Waals surface area contributed by atoms with Gasteiger partial charge in [0.2, 0.25) is 6.41 Å². The van der Waals surface area contributed by atoms with E-state index in [1.54, 1.807) is 11.8 Å². The molecule has 1 saturated heterocycles. The number of alkyl carbamates (subject to hydrolysis) is 1. The smallest absolute Gasteiger partial charge is 0.407 e. The molecular formula is C20H30N2O6. The van der Waals surface area contributed by atoms with E-state index in [-0.39, 0.29) is 13.2 Å². The van der Waals surface area contributed by atoms with E-state index in [0.717, 1.165) is 5.56 Å². The fourth-order valence-electron chi connectivity index (χ4n) is 3.16. The zero-order chi connectivity index (χ0) is 20.9. The van der Waals surface area contributed by atoms with E-state index < -0.39 is 35.5 Å². The maximum atomic E-state index is 12.2. The van der Waals surface area contributed by atoms with Crippen molar-refractivity contribution in [3.05, 3.63) is 35.9 Å². The molecule has 0 saturated carbocycles. The summed E-state index contributed by atoms with van der Waals surface area (Å²) >= 11 is 0. The standard InChI is InChI=1S/C20H30N2O6/c1-19(2,3)28-18(26)22-11-10-15(20(4,13-22)16(23)24)21-17(25)27-12-14-8-6-5-7-9-14/h5-9,15,18,26H,10-13H2,1-4H3,(H,21,25)(H,23,24)/t15-,18?,20+/m0/s1. The Balaban J connectivity index is 1.98. The van der Waals surface area contributed by atoms with Crippen LogP contribution in [0.5, 0.6) is 0 Å². The van der Waals surface area contributed by atoms with Crippen molar-refractivity contribution in [2.24, 2.45) is 5.41 Å². The van der Waals surface area contributed by atoms with Gasteiger partial charge in [-0.05, 0) is 39.7 Å². The summed E-state index contributed by atoms with van der Waals surface area (Å²) in [4.78, 5) is 25.7. The summed E-state index contributed by atoms with van der Waals surface area (Å²) in [7, 11) is 0. The second kappa shape index (κ2) is 8.89. The van der Waals surface area contributed by atoms with Crippen molar-refractivity contribution in [2.45, 2.75) is 58.8 Å². The van der Waals surface area contributed by atoms with Crippen molar-refractivity contribution in [1.82, 2.24) is 10.2 Å². The number of carbonyl (C=O) groups is 2. The third kappa shape index (κ3) is 5.92. The number of aliphatic hydroxyl groups excluding tert-OH is 1. The lowest BCUT2D eigenvalue weighted by Crippen LogP contribution is -2.62. The third-order valence-electron chi connectivity index (χ3n) is 4.77. The van der Waals surface area contributed by atoms with Crippen LogP contribution >= 0.6 is 0 Å². The molecule has 8 nitrogen and oxygen atoms in total. The number of aliphatic carboxylic acids is 1. The second-order valence-electron chi connectivity index (χ2n) is 8.30. The van der Waals surface area contributed by atoms with Crippen molar-refractivity contribution in [3.8, 4) is 0 Å². The highest BCUT2D eigenvalue weighted by Crippen LogP contribution is 2.32. The molecule has 8 heteroatoms. The number of hydrogen-bond donors (Lipinski definition) is 3. The van der Waals surface area contributed by atoms with Crippen LogP contribution in [0.1, 0.15) is 39.7 Å². The molecule has 2 rings (SSSR count). The van der Waals surface area contributed by atoms with Crippen LogP contribution in [0, 0.1) is 5.41 Å². The fourth-order valence-corrected chi connectivity index (χ4v) is 3.16. The zero-order valence-electron chi connectivity index (χ0n) is 16.8. The molecule has 1 aliphatic rings. The molecule has 1 fully saturated rings. The van der Waals surface area contributed by atoms with E-state index in [2.05, 4.69) is 5.32 Å². The summed E-state index contributed by atoms with van der Waals surface area (Å²) in [6.07, 6.45) is -1.54. The molecule has 0 radical (unpaired) electrons. The SMILES string of the molecule is CC(C)(C)OC(O)N1CC[C@H](NC(=O)OCc2ccccc2)[C@](C)(C(=O)O)C1. The predicted molar refractivity (Wildman–Crippen MR) is 102 cm³/mol. The largest absolute Gasteiger partial charge is 0.481 e. The number of likely N-dealkylation sites (tertiary alicyclic amines) is 1. The molecule has 1 aromatic carbocycles. The van der Waals surface area contributed by atoms with Gasteiger partial charge in [0.05, 0.1) is 17.1 Å². The highest BCUT2D eigenvalue weighted by Gasteiger charge is 2.48. The van der Waals surface area contributed by atoms with Crippen molar-refractivity contribution in [2.75, 3.05) is 13.1 Å². The molecular weight excluding hydrogens is 364 g/mol. The van der Waals surface area contributed by atoms with Gasteiger partial charge in [-0.25, -0.2) is 4.79 Å². The van der Waals surface area contributed by atoms with Crippen LogP contribution in [-0.4, -0.2) is 58.3 Å². The van der Waals surface area contributed by atoms with Crippen LogP contribution < -0.4 is 5.32 Å². The van der Waals surface area contributed by atoms with E-state index in [9.17, 15) is 19.8 Å². The number of carboxylic acids is 1. The minimum atomic E-state index is -1.30. The van der Waals surface area contributed by atoms with E-state index in [1.165, 1.54) is 0 Å². The highest BCUT2D eigenvalue weighted by atomic mass is 16.6. The molecule has 0 spiro atoms. The second-order valence-corrected chi connectivity index (χ2v) is 8.30. The van der Waals surface area contributed by atoms with Crippen molar-refractivity contribution < 1.29 is 29.3 Å². The van der Waals surface area contributed by atoms with E-state index in [0.29, 0.717) is 13.0 Å². The number of carboxylic acid groups (broad SMARTS) is 1. The average molecular weight is 394 g/mol. The number of aliphatic hydroxyl groups is 1. The number of benzene rings is 1. The highest BCUT2D eigenvalue weighted by molar-refractivity contribution is 5.77. The average Bonchev–Trinajstić information content (AvgIpc) is 2.61. The molecule has 28 heavy (non-hydrogen) atoms. The van der Waals surface area contributed by atoms with E-state index >= 15 is 0 Å². The number of ether oxygens (including phenoxy) is 2. The minimum Gasteiger partial charge on any atom is -0.481 e. The molecule has 1 aliphatic heterocycles. The van der Waals surface area contributed by atoms with Gasteiger partial charge in [0.1, 0.15) is 6.61 Å². The lowest BCUT2D eigenvalue weighted by molar-refractivity contribution is -0.250. The fraction of sp³-hybridized carbons (Fsp3) is 0.600. The molecule has 1 aromatic rings. The Labute approximate surface area is 165 Å². The summed E-state index contributed by atoms with van der Waals surface area (Å²) in [5, 5.41) is 22.8. The van der Waals surface area contributed by atoms with Gasteiger partial charge < -0.3 is 25.0 Å². The first-order valence-corrected chi connectivity index (χ1v) is 9.32. The van der Waals surface area contributed by atoms with Crippen LogP contribution in [0.2, 0.25) is 0 Å². The Kier molecular flexibility index (Phi) is 7.03. The summed E-state index contributed by atoms with van der Waals surface area (Å²) in [6.45, 7) is 7.49. The topological polar surface area (TPSA) is 108 Å².